The number of nitrogens with two attached hydrogens (primary N) is 1. The first-order valence-electron chi connectivity index (χ1n) is 6.31. The summed E-state index contributed by atoms with van der Waals surface area (Å²) in [6, 6.07) is 5.98. The summed E-state index contributed by atoms with van der Waals surface area (Å²) in [7, 11) is 0. The number of benzene rings is 1. The van der Waals surface area contributed by atoms with Crippen LogP contribution >= 0.6 is 11.8 Å². The number of rotatable bonds is 7. The second-order valence-corrected chi connectivity index (χ2v) is 5.18. The summed E-state index contributed by atoms with van der Waals surface area (Å²) in [6.45, 7) is 3.69. The van der Waals surface area contributed by atoms with Gasteiger partial charge in [-0.3, -0.25) is 0 Å². The van der Waals surface area contributed by atoms with Gasteiger partial charge in [0.15, 0.2) is 5.16 Å². The third kappa shape index (κ3) is 3.94. The van der Waals surface area contributed by atoms with E-state index in [9.17, 15) is 4.39 Å². The van der Waals surface area contributed by atoms with E-state index in [-0.39, 0.29) is 5.82 Å². The zero-order chi connectivity index (χ0) is 14.4. The molecule has 0 amide bonds. The molecule has 0 radical (unpaired) electrons. The van der Waals surface area contributed by atoms with E-state index in [0.717, 1.165) is 16.7 Å². The molecule has 0 unspecified atom stereocenters. The molecule has 0 saturated carbocycles. The van der Waals surface area contributed by atoms with Gasteiger partial charge in [0, 0.05) is 18.8 Å². The highest BCUT2D eigenvalue weighted by atomic mass is 32.2. The summed E-state index contributed by atoms with van der Waals surface area (Å²) in [6.07, 6.45) is 0. The maximum Gasteiger partial charge on any atom is 0.191 e. The number of nitrogens with zero attached hydrogens (tertiary/aromatic N) is 3. The number of halogens is 1. The van der Waals surface area contributed by atoms with Crippen LogP contribution in [0.4, 0.5) is 4.39 Å². The van der Waals surface area contributed by atoms with E-state index in [1.54, 1.807) is 23.9 Å². The van der Waals surface area contributed by atoms with E-state index in [1.807, 2.05) is 11.5 Å². The molecule has 7 heteroatoms. The van der Waals surface area contributed by atoms with Crippen LogP contribution in [0.3, 0.4) is 0 Å². The van der Waals surface area contributed by atoms with Gasteiger partial charge in [-0.2, -0.15) is 0 Å². The Morgan fingerprint density at radius 2 is 2.05 bits per heavy atom. The molecule has 1 heterocycles. The highest BCUT2D eigenvalue weighted by Gasteiger charge is 2.08. The smallest absolute Gasteiger partial charge is 0.191 e. The Morgan fingerprint density at radius 3 is 2.75 bits per heavy atom. The molecule has 0 bridgehead atoms. The predicted octanol–water partition coefficient (Wildman–Crippen LogP) is 1.86. The molecule has 108 valence electrons. The monoisotopic (exact) mass is 296 g/mol. The van der Waals surface area contributed by atoms with Crippen LogP contribution in [-0.4, -0.2) is 33.7 Å². The molecule has 20 heavy (non-hydrogen) atoms. The minimum Gasteiger partial charge on any atom is -0.493 e. The van der Waals surface area contributed by atoms with Crippen LogP contribution in [-0.2, 0) is 6.54 Å². The Morgan fingerprint density at radius 1 is 1.30 bits per heavy atom. The van der Waals surface area contributed by atoms with Crippen molar-refractivity contribution in [2.45, 2.75) is 18.6 Å². The molecule has 1 aromatic carbocycles. The van der Waals surface area contributed by atoms with E-state index in [0.29, 0.717) is 25.4 Å². The molecule has 0 atom stereocenters. The maximum atomic E-state index is 12.7. The van der Waals surface area contributed by atoms with E-state index < -0.39 is 0 Å². The van der Waals surface area contributed by atoms with Gasteiger partial charge in [-0.25, -0.2) is 4.39 Å². The van der Waals surface area contributed by atoms with Crippen molar-refractivity contribution in [1.29, 1.82) is 0 Å². The molecule has 5 nitrogen and oxygen atoms in total. The van der Waals surface area contributed by atoms with E-state index in [4.69, 9.17) is 10.5 Å². The van der Waals surface area contributed by atoms with Crippen molar-refractivity contribution in [3.8, 4) is 5.75 Å². The highest BCUT2D eigenvalue weighted by molar-refractivity contribution is 7.99. The van der Waals surface area contributed by atoms with Crippen molar-refractivity contribution in [3.63, 3.8) is 0 Å². The van der Waals surface area contributed by atoms with Crippen LogP contribution < -0.4 is 10.5 Å². The van der Waals surface area contributed by atoms with Crippen LogP contribution in [0.1, 0.15) is 5.82 Å². The molecule has 0 fully saturated rings. The average Bonchev–Trinajstić information content (AvgIpc) is 2.79. The van der Waals surface area contributed by atoms with Crippen LogP contribution in [0.5, 0.6) is 5.75 Å². The van der Waals surface area contributed by atoms with Crippen LogP contribution in [0.15, 0.2) is 29.4 Å². The van der Waals surface area contributed by atoms with Gasteiger partial charge in [0.1, 0.15) is 17.4 Å². The average molecular weight is 296 g/mol. The van der Waals surface area contributed by atoms with Crippen LogP contribution in [0.25, 0.3) is 0 Å². The van der Waals surface area contributed by atoms with Crippen molar-refractivity contribution < 1.29 is 9.13 Å². The predicted molar refractivity (Wildman–Crippen MR) is 76.4 cm³/mol. The van der Waals surface area contributed by atoms with Crippen molar-refractivity contribution >= 4 is 11.8 Å². The van der Waals surface area contributed by atoms with Crippen LogP contribution in [0.2, 0.25) is 0 Å². The number of hydrogen-bond donors (Lipinski definition) is 1. The summed E-state index contributed by atoms with van der Waals surface area (Å²) < 4.78 is 20.2. The van der Waals surface area contributed by atoms with Gasteiger partial charge >= 0.3 is 0 Å². The molecular weight excluding hydrogens is 279 g/mol. The summed E-state index contributed by atoms with van der Waals surface area (Å²) in [5, 5.41) is 8.98. The molecule has 0 aliphatic rings. The summed E-state index contributed by atoms with van der Waals surface area (Å²) in [5.74, 6) is 1.99. The van der Waals surface area contributed by atoms with Crippen molar-refractivity contribution in [2.75, 3.05) is 18.9 Å². The minimum absolute atomic E-state index is 0.267. The summed E-state index contributed by atoms with van der Waals surface area (Å²) in [4.78, 5) is 0. The first-order chi connectivity index (χ1) is 9.70. The maximum absolute atomic E-state index is 12.7. The summed E-state index contributed by atoms with van der Waals surface area (Å²) >= 11 is 1.56. The first kappa shape index (κ1) is 14.8. The number of aromatic nitrogens is 3. The SMILES string of the molecule is Cc1nnc(SCCOc2ccc(F)cc2)n1CCN. The van der Waals surface area contributed by atoms with Crippen molar-refractivity contribution in [3.05, 3.63) is 35.9 Å². The van der Waals surface area contributed by atoms with E-state index in [1.165, 1.54) is 12.1 Å². The Balaban J connectivity index is 1.80. The minimum atomic E-state index is -0.267. The zero-order valence-electron chi connectivity index (χ0n) is 11.3. The third-order valence-corrected chi connectivity index (χ3v) is 3.58. The largest absolute Gasteiger partial charge is 0.493 e. The normalized spacial score (nSPS) is 10.8. The lowest BCUT2D eigenvalue weighted by Crippen LogP contribution is -2.12. The lowest BCUT2D eigenvalue weighted by atomic mass is 10.3. The molecular formula is C13H17FN4OS. The lowest BCUT2D eigenvalue weighted by molar-refractivity contribution is 0.343. The Labute approximate surface area is 121 Å². The van der Waals surface area contributed by atoms with Gasteiger partial charge in [-0.1, -0.05) is 11.8 Å². The molecule has 0 aliphatic carbocycles. The van der Waals surface area contributed by atoms with Crippen molar-refractivity contribution in [2.24, 2.45) is 5.73 Å². The Hall–Kier alpha value is -1.60. The molecule has 2 N–H and O–H groups in total. The number of aryl methyl sites for hydroxylation is 1. The van der Waals surface area contributed by atoms with Gasteiger partial charge in [0.05, 0.1) is 6.61 Å². The van der Waals surface area contributed by atoms with Gasteiger partial charge in [0.25, 0.3) is 0 Å². The van der Waals surface area contributed by atoms with Crippen LogP contribution in [0, 0.1) is 12.7 Å². The third-order valence-electron chi connectivity index (χ3n) is 2.65. The van der Waals surface area contributed by atoms with Gasteiger partial charge in [0.2, 0.25) is 0 Å². The molecule has 1 aromatic heterocycles. The van der Waals surface area contributed by atoms with Crippen molar-refractivity contribution in [1.82, 2.24) is 14.8 Å². The fraction of sp³-hybridized carbons (Fsp3) is 0.385. The van der Waals surface area contributed by atoms with E-state index in [2.05, 4.69) is 10.2 Å². The van der Waals surface area contributed by atoms with Gasteiger partial charge in [-0.05, 0) is 31.2 Å². The standard InChI is InChI=1S/C13H17FN4OS/c1-10-16-17-13(18(10)7-6-15)20-9-8-19-12-4-2-11(14)3-5-12/h2-5H,6-9,15H2,1H3. The highest BCUT2D eigenvalue weighted by Crippen LogP contribution is 2.17. The zero-order valence-corrected chi connectivity index (χ0v) is 12.1. The van der Waals surface area contributed by atoms with Gasteiger partial charge in [-0.15, -0.1) is 10.2 Å². The first-order valence-corrected chi connectivity index (χ1v) is 7.30. The fourth-order valence-corrected chi connectivity index (χ4v) is 2.51. The Bertz CT molecular complexity index is 544. The molecule has 0 aliphatic heterocycles. The number of hydrogen-bond acceptors (Lipinski definition) is 5. The second-order valence-electron chi connectivity index (χ2n) is 4.12. The molecule has 0 saturated heterocycles. The number of ether oxygens (including phenoxy) is 1. The topological polar surface area (TPSA) is 66.0 Å². The number of thioether (sulfide) groups is 1. The van der Waals surface area contributed by atoms with E-state index >= 15 is 0 Å². The van der Waals surface area contributed by atoms with Gasteiger partial charge < -0.3 is 15.0 Å². The summed E-state index contributed by atoms with van der Waals surface area (Å²) in [5.41, 5.74) is 5.56. The molecule has 2 aromatic rings. The second kappa shape index (κ2) is 7.25. The molecule has 2 rings (SSSR count). The quantitative estimate of drug-likeness (QED) is 0.624. The lowest BCUT2D eigenvalue weighted by Gasteiger charge is -2.07. The molecule has 0 spiro atoms. The fourth-order valence-electron chi connectivity index (χ4n) is 1.68. The Kier molecular flexibility index (Phi) is 5.37.